The molecular formula is C28H20Cl2N2O4S. The lowest BCUT2D eigenvalue weighted by Crippen LogP contribution is -2.29. The van der Waals surface area contributed by atoms with E-state index in [1.165, 1.54) is 24.3 Å². The molecule has 4 aromatic rings. The molecule has 0 saturated heterocycles. The fraction of sp³-hybridized carbons (Fsp3) is 0.0714. The number of amides is 2. The van der Waals surface area contributed by atoms with Crippen LogP contribution in [0.4, 0.5) is 5.69 Å². The van der Waals surface area contributed by atoms with Crippen LogP contribution in [0.1, 0.15) is 16.7 Å². The summed E-state index contributed by atoms with van der Waals surface area (Å²) in [7, 11) is -4.15. The molecule has 0 atom stereocenters. The summed E-state index contributed by atoms with van der Waals surface area (Å²) in [5.74, 6) is -0.885. The van der Waals surface area contributed by atoms with E-state index < -0.39 is 15.9 Å². The average Bonchev–Trinajstić information content (AvgIpc) is 3.19. The van der Waals surface area contributed by atoms with Crippen molar-refractivity contribution >= 4 is 67.6 Å². The predicted octanol–water partition coefficient (Wildman–Crippen LogP) is 5.75. The number of rotatable bonds is 6. The van der Waals surface area contributed by atoms with Crippen LogP contribution in [0.15, 0.2) is 89.8 Å². The fourth-order valence-corrected chi connectivity index (χ4v) is 5.66. The molecule has 0 radical (unpaired) electrons. The van der Waals surface area contributed by atoms with E-state index in [1.54, 1.807) is 17.0 Å². The van der Waals surface area contributed by atoms with Gasteiger partial charge in [-0.25, -0.2) is 13.1 Å². The highest BCUT2D eigenvalue weighted by Crippen LogP contribution is 2.35. The van der Waals surface area contributed by atoms with Gasteiger partial charge in [0.2, 0.25) is 5.91 Å². The zero-order chi connectivity index (χ0) is 26.2. The van der Waals surface area contributed by atoms with Gasteiger partial charge in [0.1, 0.15) is 0 Å². The summed E-state index contributed by atoms with van der Waals surface area (Å²) >= 11 is 11.8. The molecule has 0 bridgehead atoms. The van der Waals surface area contributed by atoms with Crippen molar-refractivity contribution in [2.45, 2.75) is 17.9 Å². The summed E-state index contributed by atoms with van der Waals surface area (Å²) in [5.41, 5.74) is 3.16. The van der Waals surface area contributed by atoms with Crippen LogP contribution in [0.2, 0.25) is 10.0 Å². The Morgan fingerprint density at radius 1 is 0.919 bits per heavy atom. The first-order chi connectivity index (χ1) is 17.7. The molecule has 0 unspecified atom stereocenters. The molecule has 6 nitrogen and oxygen atoms in total. The molecule has 0 fully saturated rings. The van der Waals surface area contributed by atoms with E-state index in [4.69, 9.17) is 23.2 Å². The minimum Gasteiger partial charge on any atom is -0.307 e. The summed E-state index contributed by atoms with van der Waals surface area (Å²) in [4.78, 5) is 26.9. The summed E-state index contributed by atoms with van der Waals surface area (Å²) in [6, 6.07) is 23.3. The maximum absolute atomic E-state index is 12.9. The van der Waals surface area contributed by atoms with Crippen molar-refractivity contribution in [2.75, 3.05) is 4.90 Å². The number of para-hydroxylation sites is 1. The summed E-state index contributed by atoms with van der Waals surface area (Å²) in [6.45, 7) is 0.374. The molecule has 0 aromatic heterocycles. The third-order valence-electron chi connectivity index (χ3n) is 6.07. The SMILES string of the molecule is O=C(/C=C/c1cccc2c1N(Cc1ccc3ccccc3c1)C(=O)C2)NS(=O)(=O)c1ccc(Cl)c(Cl)c1. The number of benzene rings is 4. The Balaban J connectivity index is 1.38. The van der Waals surface area contributed by atoms with Gasteiger partial charge in [0.05, 0.1) is 33.6 Å². The molecule has 9 heteroatoms. The Labute approximate surface area is 224 Å². The third-order valence-corrected chi connectivity index (χ3v) is 8.15. The molecule has 1 N–H and O–H groups in total. The number of sulfonamides is 1. The number of hydrogen-bond acceptors (Lipinski definition) is 4. The topological polar surface area (TPSA) is 83.6 Å². The molecule has 0 saturated carbocycles. The molecule has 0 aliphatic carbocycles. The summed E-state index contributed by atoms with van der Waals surface area (Å²) in [6.07, 6.45) is 2.88. The van der Waals surface area contributed by atoms with Crippen LogP contribution in [0.3, 0.4) is 0 Å². The monoisotopic (exact) mass is 550 g/mol. The van der Waals surface area contributed by atoms with Crippen LogP contribution in [0.5, 0.6) is 0 Å². The van der Waals surface area contributed by atoms with Gasteiger partial charge in [-0.1, -0.05) is 77.8 Å². The van der Waals surface area contributed by atoms with E-state index >= 15 is 0 Å². The van der Waals surface area contributed by atoms with Crippen LogP contribution in [-0.4, -0.2) is 20.2 Å². The number of carbonyl (C=O) groups is 2. The van der Waals surface area contributed by atoms with Crippen molar-refractivity contribution in [1.82, 2.24) is 4.72 Å². The van der Waals surface area contributed by atoms with Gasteiger partial charge in [-0.2, -0.15) is 0 Å². The van der Waals surface area contributed by atoms with Crippen molar-refractivity contribution in [3.8, 4) is 0 Å². The number of nitrogens with one attached hydrogen (secondary N) is 1. The lowest BCUT2D eigenvalue weighted by atomic mass is 10.1. The minimum absolute atomic E-state index is 0.0457. The normalized spacial score (nSPS) is 13.4. The average molecular weight is 551 g/mol. The van der Waals surface area contributed by atoms with Gasteiger partial charge >= 0.3 is 0 Å². The maximum atomic E-state index is 12.9. The van der Waals surface area contributed by atoms with Gasteiger partial charge in [0.15, 0.2) is 0 Å². The Morgan fingerprint density at radius 3 is 2.49 bits per heavy atom. The molecule has 186 valence electrons. The Morgan fingerprint density at radius 2 is 1.70 bits per heavy atom. The molecule has 5 rings (SSSR count). The predicted molar refractivity (Wildman–Crippen MR) is 146 cm³/mol. The quantitative estimate of drug-likeness (QED) is 0.309. The molecule has 4 aromatic carbocycles. The molecule has 2 amide bonds. The highest BCUT2D eigenvalue weighted by Gasteiger charge is 2.29. The van der Waals surface area contributed by atoms with Crippen LogP contribution in [-0.2, 0) is 32.6 Å². The lowest BCUT2D eigenvalue weighted by molar-refractivity contribution is -0.117. The summed E-state index contributed by atoms with van der Waals surface area (Å²) in [5, 5.41) is 2.46. The van der Waals surface area contributed by atoms with Crippen molar-refractivity contribution in [3.05, 3.63) is 112 Å². The van der Waals surface area contributed by atoms with Gasteiger partial charge in [-0.3, -0.25) is 9.59 Å². The number of carbonyl (C=O) groups excluding carboxylic acids is 2. The molecule has 1 heterocycles. The molecule has 37 heavy (non-hydrogen) atoms. The minimum atomic E-state index is -4.15. The van der Waals surface area contributed by atoms with Gasteiger partial charge < -0.3 is 4.90 Å². The molecular weight excluding hydrogens is 531 g/mol. The maximum Gasteiger partial charge on any atom is 0.264 e. The number of hydrogen-bond donors (Lipinski definition) is 1. The van der Waals surface area contributed by atoms with Crippen molar-refractivity contribution in [3.63, 3.8) is 0 Å². The largest absolute Gasteiger partial charge is 0.307 e. The first-order valence-electron chi connectivity index (χ1n) is 11.3. The molecule has 0 spiro atoms. The van der Waals surface area contributed by atoms with Crippen LogP contribution < -0.4 is 9.62 Å². The van der Waals surface area contributed by atoms with Gasteiger partial charge in [0.25, 0.3) is 15.9 Å². The van der Waals surface area contributed by atoms with E-state index in [-0.39, 0.29) is 27.3 Å². The Bertz CT molecular complexity index is 1700. The van der Waals surface area contributed by atoms with Gasteiger partial charge in [0, 0.05) is 6.08 Å². The van der Waals surface area contributed by atoms with E-state index in [0.717, 1.165) is 28.0 Å². The van der Waals surface area contributed by atoms with Crippen LogP contribution in [0, 0.1) is 0 Å². The highest BCUT2D eigenvalue weighted by atomic mass is 35.5. The van der Waals surface area contributed by atoms with Gasteiger partial charge in [-0.05, 0) is 57.8 Å². The zero-order valence-corrected chi connectivity index (χ0v) is 21.6. The number of nitrogens with zero attached hydrogens (tertiary/aromatic N) is 1. The fourth-order valence-electron chi connectivity index (χ4n) is 4.32. The Kier molecular flexibility index (Phi) is 6.77. The highest BCUT2D eigenvalue weighted by molar-refractivity contribution is 7.90. The van der Waals surface area contributed by atoms with Crippen LogP contribution in [0.25, 0.3) is 16.8 Å². The smallest absolute Gasteiger partial charge is 0.264 e. The molecule has 1 aliphatic heterocycles. The number of halogens is 2. The van der Waals surface area contributed by atoms with Crippen molar-refractivity contribution < 1.29 is 18.0 Å². The zero-order valence-electron chi connectivity index (χ0n) is 19.3. The van der Waals surface area contributed by atoms with E-state index in [2.05, 4.69) is 6.07 Å². The third kappa shape index (κ3) is 5.25. The lowest BCUT2D eigenvalue weighted by Gasteiger charge is -2.20. The van der Waals surface area contributed by atoms with E-state index in [1.807, 2.05) is 47.2 Å². The summed E-state index contributed by atoms with van der Waals surface area (Å²) < 4.78 is 27.1. The van der Waals surface area contributed by atoms with Crippen LogP contribution >= 0.6 is 23.2 Å². The number of fused-ring (bicyclic) bond motifs is 2. The number of anilines is 1. The van der Waals surface area contributed by atoms with Crippen molar-refractivity contribution in [1.29, 1.82) is 0 Å². The van der Waals surface area contributed by atoms with Gasteiger partial charge in [-0.15, -0.1) is 0 Å². The second-order valence-corrected chi connectivity index (χ2v) is 11.1. The second-order valence-electron chi connectivity index (χ2n) is 8.57. The standard InChI is InChI=1S/C28H20Cl2N2O4S/c29-24-12-11-23(16-25(24)30)37(35,36)31-26(33)13-10-20-6-3-7-22-15-27(34)32(28(20)22)17-18-8-9-19-4-1-2-5-21(19)14-18/h1-14,16H,15,17H2,(H,31,33)/b13-10+. The second kappa shape index (κ2) is 10.0. The van der Waals surface area contributed by atoms with E-state index in [9.17, 15) is 18.0 Å². The van der Waals surface area contributed by atoms with Crippen molar-refractivity contribution in [2.24, 2.45) is 0 Å². The van der Waals surface area contributed by atoms with E-state index in [0.29, 0.717) is 17.8 Å². The molecule has 1 aliphatic rings. The first kappa shape index (κ1) is 25.0. The Hall–Kier alpha value is -3.65. The first-order valence-corrected chi connectivity index (χ1v) is 13.5.